The van der Waals surface area contributed by atoms with E-state index in [1.807, 2.05) is 43.5 Å². The molecule has 0 saturated heterocycles. The van der Waals surface area contributed by atoms with Gasteiger partial charge in [-0.25, -0.2) is 9.18 Å². The fourth-order valence-corrected chi connectivity index (χ4v) is 4.55. The third-order valence-corrected chi connectivity index (χ3v) is 6.32. The molecular weight excluding hydrogens is 377 g/mol. The summed E-state index contributed by atoms with van der Waals surface area (Å²) >= 11 is 0. The van der Waals surface area contributed by atoms with Gasteiger partial charge in [0.1, 0.15) is 5.82 Å². The van der Waals surface area contributed by atoms with Gasteiger partial charge in [0.05, 0.1) is 5.52 Å². The number of pyridine rings is 1. The van der Waals surface area contributed by atoms with Gasteiger partial charge in [0.15, 0.2) is 0 Å². The van der Waals surface area contributed by atoms with Gasteiger partial charge >= 0.3 is 6.03 Å². The average molecular weight is 406 g/mol. The molecule has 1 fully saturated rings. The summed E-state index contributed by atoms with van der Waals surface area (Å²) in [5.41, 5.74) is 4.00. The van der Waals surface area contributed by atoms with Crippen LogP contribution in [0.5, 0.6) is 0 Å². The van der Waals surface area contributed by atoms with Gasteiger partial charge < -0.3 is 10.6 Å². The number of halogens is 1. The number of aryl methyl sites for hydroxylation is 1. The van der Waals surface area contributed by atoms with Gasteiger partial charge in [0, 0.05) is 23.3 Å². The normalized spacial score (nSPS) is 20.0. The van der Waals surface area contributed by atoms with Gasteiger partial charge in [-0.15, -0.1) is 0 Å². The monoisotopic (exact) mass is 405 g/mol. The van der Waals surface area contributed by atoms with E-state index in [1.54, 1.807) is 12.1 Å². The molecule has 30 heavy (non-hydrogen) atoms. The van der Waals surface area contributed by atoms with Crippen LogP contribution in [0.3, 0.4) is 0 Å². The molecule has 1 aliphatic carbocycles. The SMILES string of the molecule is Cc1ccc(NC(=O)N[C@H](C)C2CCC(c3ccnc4ccc(F)cc34)CC2)cc1. The highest BCUT2D eigenvalue weighted by Gasteiger charge is 2.28. The van der Waals surface area contributed by atoms with Crippen LogP contribution in [0.2, 0.25) is 0 Å². The molecule has 4 nitrogen and oxygen atoms in total. The minimum atomic E-state index is -0.220. The van der Waals surface area contributed by atoms with Crippen LogP contribution in [0.4, 0.5) is 14.9 Å². The van der Waals surface area contributed by atoms with Crippen molar-refractivity contribution in [1.29, 1.82) is 0 Å². The maximum Gasteiger partial charge on any atom is 0.319 e. The fraction of sp³-hybridized carbons (Fsp3) is 0.360. The lowest BCUT2D eigenvalue weighted by Gasteiger charge is -2.33. The van der Waals surface area contributed by atoms with E-state index in [4.69, 9.17) is 0 Å². The molecule has 1 atom stereocenters. The Morgan fingerprint density at radius 1 is 1.07 bits per heavy atom. The summed E-state index contributed by atoms with van der Waals surface area (Å²) in [6, 6.07) is 14.6. The Labute approximate surface area is 176 Å². The summed E-state index contributed by atoms with van der Waals surface area (Å²) in [6.07, 6.45) is 5.96. The Morgan fingerprint density at radius 3 is 2.53 bits per heavy atom. The summed E-state index contributed by atoms with van der Waals surface area (Å²) in [4.78, 5) is 16.7. The number of hydrogen-bond acceptors (Lipinski definition) is 2. The lowest BCUT2D eigenvalue weighted by Crippen LogP contribution is -2.41. The lowest BCUT2D eigenvalue weighted by molar-refractivity contribution is 0.231. The third-order valence-electron chi connectivity index (χ3n) is 6.32. The van der Waals surface area contributed by atoms with Crippen molar-refractivity contribution in [2.75, 3.05) is 5.32 Å². The number of fused-ring (bicyclic) bond motifs is 1. The number of nitrogens with one attached hydrogen (secondary N) is 2. The van der Waals surface area contributed by atoms with Crippen LogP contribution in [0.15, 0.2) is 54.7 Å². The van der Waals surface area contributed by atoms with Gasteiger partial charge in [-0.05, 0) is 93.3 Å². The fourth-order valence-electron chi connectivity index (χ4n) is 4.55. The molecule has 0 unspecified atom stereocenters. The van der Waals surface area contributed by atoms with Gasteiger partial charge in [-0.1, -0.05) is 17.7 Å². The van der Waals surface area contributed by atoms with Crippen LogP contribution in [0.25, 0.3) is 10.9 Å². The van der Waals surface area contributed by atoms with Crippen molar-refractivity contribution >= 4 is 22.6 Å². The second kappa shape index (κ2) is 8.82. The van der Waals surface area contributed by atoms with Crippen molar-refractivity contribution in [3.05, 3.63) is 71.7 Å². The van der Waals surface area contributed by atoms with Crippen molar-refractivity contribution in [3.8, 4) is 0 Å². The van der Waals surface area contributed by atoms with E-state index in [2.05, 4.69) is 22.5 Å². The molecule has 0 spiro atoms. The molecule has 2 amide bonds. The molecule has 2 aromatic carbocycles. The van der Waals surface area contributed by atoms with Crippen LogP contribution < -0.4 is 10.6 Å². The highest BCUT2D eigenvalue weighted by atomic mass is 19.1. The Hall–Kier alpha value is -2.95. The standard InChI is InChI=1S/C25H28FN3O/c1-16-3-10-21(11-4-16)29-25(30)28-17(2)18-5-7-19(8-6-18)22-13-14-27-24-12-9-20(26)15-23(22)24/h3-4,9-15,17-19H,5-8H2,1-2H3,(H2,28,29,30)/t17-,18?,19?/m1/s1. The zero-order valence-corrected chi connectivity index (χ0v) is 17.5. The summed E-state index contributed by atoms with van der Waals surface area (Å²) in [5, 5.41) is 6.92. The van der Waals surface area contributed by atoms with Crippen molar-refractivity contribution in [3.63, 3.8) is 0 Å². The number of amides is 2. The maximum absolute atomic E-state index is 13.8. The van der Waals surface area contributed by atoms with Crippen molar-refractivity contribution in [1.82, 2.24) is 10.3 Å². The van der Waals surface area contributed by atoms with Gasteiger partial charge in [-0.2, -0.15) is 0 Å². The largest absolute Gasteiger partial charge is 0.335 e. The zero-order chi connectivity index (χ0) is 21.1. The Morgan fingerprint density at radius 2 is 1.80 bits per heavy atom. The molecule has 2 N–H and O–H groups in total. The number of anilines is 1. The van der Waals surface area contributed by atoms with Gasteiger partial charge in [0.25, 0.3) is 0 Å². The number of rotatable bonds is 4. The zero-order valence-electron chi connectivity index (χ0n) is 17.5. The average Bonchev–Trinajstić information content (AvgIpc) is 2.75. The Kier molecular flexibility index (Phi) is 5.98. The van der Waals surface area contributed by atoms with E-state index in [0.717, 1.165) is 47.8 Å². The number of urea groups is 1. The Bertz CT molecular complexity index is 1030. The van der Waals surface area contributed by atoms with Gasteiger partial charge in [0.2, 0.25) is 0 Å². The molecule has 0 aliphatic heterocycles. The highest BCUT2D eigenvalue weighted by Crippen LogP contribution is 2.39. The van der Waals surface area contributed by atoms with E-state index in [9.17, 15) is 9.18 Å². The topological polar surface area (TPSA) is 54.0 Å². The number of aromatic nitrogens is 1. The minimum Gasteiger partial charge on any atom is -0.335 e. The summed E-state index contributed by atoms with van der Waals surface area (Å²) in [6.45, 7) is 4.10. The van der Waals surface area contributed by atoms with E-state index >= 15 is 0 Å². The molecule has 1 saturated carbocycles. The summed E-state index contributed by atoms with van der Waals surface area (Å²) in [5.74, 6) is 0.625. The molecule has 3 aromatic rings. The predicted octanol–water partition coefficient (Wildman–Crippen LogP) is 6.17. The number of hydrogen-bond donors (Lipinski definition) is 2. The van der Waals surface area contributed by atoms with Gasteiger partial charge in [-0.3, -0.25) is 4.98 Å². The number of nitrogens with zero attached hydrogens (tertiary/aromatic N) is 1. The number of carbonyl (C=O) groups is 1. The molecule has 0 bridgehead atoms. The summed E-state index contributed by atoms with van der Waals surface area (Å²) < 4.78 is 13.8. The first-order valence-electron chi connectivity index (χ1n) is 10.7. The predicted molar refractivity (Wildman–Crippen MR) is 119 cm³/mol. The summed E-state index contributed by atoms with van der Waals surface area (Å²) in [7, 11) is 0. The molecule has 0 radical (unpaired) electrons. The molecule has 156 valence electrons. The van der Waals surface area contributed by atoms with Crippen LogP contribution >= 0.6 is 0 Å². The smallest absolute Gasteiger partial charge is 0.319 e. The second-order valence-corrected chi connectivity index (χ2v) is 8.43. The molecule has 5 heteroatoms. The van der Waals surface area contributed by atoms with Crippen LogP contribution in [-0.4, -0.2) is 17.1 Å². The highest BCUT2D eigenvalue weighted by molar-refractivity contribution is 5.89. The van der Waals surface area contributed by atoms with Crippen molar-refractivity contribution in [2.45, 2.75) is 51.5 Å². The van der Waals surface area contributed by atoms with E-state index in [0.29, 0.717) is 11.8 Å². The molecule has 1 aromatic heterocycles. The van der Waals surface area contributed by atoms with Crippen LogP contribution in [0, 0.1) is 18.7 Å². The molecular formula is C25H28FN3O. The quantitative estimate of drug-likeness (QED) is 0.546. The van der Waals surface area contributed by atoms with Crippen molar-refractivity contribution < 1.29 is 9.18 Å². The van der Waals surface area contributed by atoms with Crippen molar-refractivity contribution in [2.24, 2.45) is 5.92 Å². The van der Waals surface area contributed by atoms with E-state index < -0.39 is 0 Å². The Balaban J connectivity index is 1.34. The first kappa shape index (κ1) is 20.3. The first-order chi connectivity index (χ1) is 14.5. The second-order valence-electron chi connectivity index (χ2n) is 8.43. The maximum atomic E-state index is 13.8. The first-order valence-corrected chi connectivity index (χ1v) is 10.7. The van der Waals surface area contributed by atoms with Crippen LogP contribution in [0.1, 0.15) is 49.7 Å². The molecule has 1 heterocycles. The third kappa shape index (κ3) is 4.61. The number of carbonyl (C=O) groups excluding carboxylic acids is 1. The van der Waals surface area contributed by atoms with E-state index in [1.165, 1.54) is 11.6 Å². The van der Waals surface area contributed by atoms with E-state index in [-0.39, 0.29) is 17.9 Å². The minimum absolute atomic E-state index is 0.100. The number of benzene rings is 2. The van der Waals surface area contributed by atoms with Crippen LogP contribution in [-0.2, 0) is 0 Å². The molecule has 4 rings (SSSR count). The molecule has 1 aliphatic rings. The lowest BCUT2D eigenvalue weighted by atomic mass is 9.75.